The minimum absolute atomic E-state index is 0.185. The van der Waals surface area contributed by atoms with Gasteiger partial charge in [0.2, 0.25) is 5.91 Å². The van der Waals surface area contributed by atoms with Gasteiger partial charge in [0.15, 0.2) is 0 Å². The third-order valence-corrected chi connectivity index (χ3v) is 5.27. The fraction of sp³-hybridized carbons (Fsp3) is 0.913. The van der Waals surface area contributed by atoms with Crippen LogP contribution >= 0.6 is 0 Å². The first-order valence-electron chi connectivity index (χ1n) is 12.0. The lowest BCUT2D eigenvalue weighted by Crippen LogP contribution is -2.46. The number of unbranched alkanes of at least 4 members (excludes halogenated alkanes) is 2. The third-order valence-electron chi connectivity index (χ3n) is 5.27. The maximum absolute atomic E-state index is 11.9. The second kappa shape index (κ2) is 15.4. The van der Waals surface area contributed by atoms with Crippen molar-refractivity contribution in [2.75, 3.05) is 73.0 Å². The summed E-state index contributed by atoms with van der Waals surface area (Å²) < 4.78 is 5.24. The zero-order valence-corrected chi connectivity index (χ0v) is 20.7. The van der Waals surface area contributed by atoms with Crippen LogP contribution in [0.1, 0.15) is 59.3 Å². The minimum Gasteiger partial charge on any atom is -0.444 e. The van der Waals surface area contributed by atoms with Gasteiger partial charge in [-0.15, -0.1) is 0 Å². The van der Waals surface area contributed by atoms with Gasteiger partial charge in [0.25, 0.3) is 0 Å². The highest BCUT2D eigenvalue weighted by Gasteiger charge is 2.17. The van der Waals surface area contributed by atoms with Crippen LogP contribution in [0.15, 0.2) is 0 Å². The molecule has 0 unspecified atom stereocenters. The molecule has 1 rings (SSSR count). The predicted octanol–water partition coefficient (Wildman–Crippen LogP) is 2.15. The maximum Gasteiger partial charge on any atom is 0.407 e. The summed E-state index contributed by atoms with van der Waals surface area (Å²) in [5.41, 5.74) is -0.443. The summed E-state index contributed by atoms with van der Waals surface area (Å²) in [5.74, 6) is 0.185. The monoisotopic (exact) mass is 441 g/mol. The number of ether oxygens (including phenoxy) is 1. The van der Waals surface area contributed by atoms with Gasteiger partial charge in [0.1, 0.15) is 5.60 Å². The lowest BCUT2D eigenvalue weighted by Gasteiger charge is -2.34. The highest BCUT2D eigenvalue weighted by molar-refractivity contribution is 5.75. The van der Waals surface area contributed by atoms with Crippen molar-refractivity contribution < 1.29 is 14.3 Å². The minimum atomic E-state index is -0.443. The summed E-state index contributed by atoms with van der Waals surface area (Å²) in [5, 5.41) is 5.83. The van der Waals surface area contributed by atoms with Crippen LogP contribution in [-0.4, -0.2) is 105 Å². The molecule has 31 heavy (non-hydrogen) atoms. The van der Waals surface area contributed by atoms with Gasteiger partial charge in [-0.3, -0.25) is 4.79 Å². The number of nitrogens with zero attached hydrogens (tertiary/aromatic N) is 3. The van der Waals surface area contributed by atoms with Crippen LogP contribution < -0.4 is 10.6 Å². The number of amides is 2. The van der Waals surface area contributed by atoms with E-state index in [4.69, 9.17) is 4.74 Å². The number of nitrogens with one attached hydrogen (secondary N) is 2. The second-order valence-electron chi connectivity index (χ2n) is 9.78. The molecule has 0 spiro atoms. The van der Waals surface area contributed by atoms with E-state index >= 15 is 0 Å². The van der Waals surface area contributed by atoms with Gasteiger partial charge in [-0.2, -0.15) is 0 Å². The summed E-state index contributed by atoms with van der Waals surface area (Å²) in [6.07, 6.45) is 5.41. The third kappa shape index (κ3) is 16.0. The molecule has 1 aliphatic rings. The Morgan fingerprint density at radius 2 is 1.39 bits per heavy atom. The van der Waals surface area contributed by atoms with Gasteiger partial charge in [-0.1, -0.05) is 0 Å². The molecule has 0 atom stereocenters. The Morgan fingerprint density at radius 3 is 1.94 bits per heavy atom. The fourth-order valence-electron chi connectivity index (χ4n) is 3.53. The van der Waals surface area contributed by atoms with E-state index in [2.05, 4.69) is 25.3 Å². The van der Waals surface area contributed by atoms with Crippen molar-refractivity contribution in [2.24, 2.45) is 0 Å². The van der Waals surface area contributed by atoms with Crippen LogP contribution in [0.2, 0.25) is 0 Å². The zero-order chi connectivity index (χ0) is 23.1. The number of piperazine rings is 1. The number of hydrogen-bond donors (Lipinski definition) is 2. The molecule has 0 aromatic carbocycles. The molecule has 0 bridgehead atoms. The Balaban J connectivity index is 1.96. The van der Waals surface area contributed by atoms with Gasteiger partial charge in [0.05, 0.1) is 0 Å². The van der Waals surface area contributed by atoms with Gasteiger partial charge >= 0.3 is 6.09 Å². The molecule has 1 heterocycles. The smallest absolute Gasteiger partial charge is 0.407 e. The molecule has 1 aliphatic heterocycles. The zero-order valence-electron chi connectivity index (χ0n) is 20.7. The summed E-state index contributed by atoms with van der Waals surface area (Å²) >= 11 is 0. The van der Waals surface area contributed by atoms with Crippen LogP contribution in [-0.2, 0) is 9.53 Å². The Labute approximate surface area is 190 Å². The summed E-state index contributed by atoms with van der Waals surface area (Å²) in [6, 6.07) is 0. The van der Waals surface area contributed by atoms with Crippen LogP contribution in [0.5, 0.6) is 0 Å². The number of carbonyl (C=O) groups is 2. The van der Waals surface area contributed by atoms with Gasteiger partial charge < -0.3 is 30.1 Å². The van der Waals surface area contributed by atoms with E-state index in [0.29, 0.717) is 13.0 Å². The first-order chi connectivity index (χ1) is 14.7. The number of hydrogen-bond acceptors (Lipinski definition) is 6. The van der Waals surface area contributed by atoms with E-state index in [1.54, 1.807) is 0 Å². The Hall–Kier alpha value is -1.38. The quantitative estimate of drug-likeness (QED) is 0.402. The standard InChI is InChI=1S/C23H47N5O3/c1-23(2,3)31-22(30)25-12-7-9-16-28-19-17-27(18-20-28)15-8-6-11-21(29)24-13-10-14-26(4)5/h6-20H2,1-5H3,(H,24,29)(H,25,30). The molecule has 1 fully saturated rings. The van der Waals surface area contributed by atoms with Crippen molar-refractivity contribution in [1.82, 2.24) is 25.3 Å². The maximum atomic E-state index is 11.9. The van der Waals surface area contributed by atoms with E-state index < -0.39 is 5.60 Å². The lowest BCUT2D eigenvalue weighted by atomic mass is 10.2. The highest BCUT2D eigenvalue weighted by Crippen LogP contribution is 2.07. The number of alkyl carbamates (subject to hydrolysis) is 1. The van der Waals surface area contributed by atoms with E-state index in [0.717, 1.165) is 84.5 Å². The van der Waals surface area contributed by atoms with E-state index in [-0.39, 0.29) is 12.0 Å². The average molecular weight is 442 g/mol. The van der Waals surface area contributed by atoms with Gasteiger partial charge in [0, 0.05) is 45.7 Å². The van der Waals surface area contributed by atoms with Crippen molar-refractivity contribution in [2.45, 2.75) is 64.9 Å². The molecule has 2 amide bonds. The normalized spacial score (nSPS) is 15.8. The van der Waals surface area contributed by atoms with E-state index in [1.807, 2.05) is 34.9 Å². The molecular weight excluding hydrogens is 394 g/mol. The highest BCUT2D eigenvalue weighted by atomic mass is 16.6. The number of rotatable bonds is 14. The Bertz CT molecular complexity index is 500. The van der Waals surface area contributed by atoms with Crippen molar-refractivity contribution in [1.29, 1.82) is 0 Å². The van der Waals surface area contributed by atoms with Crippen molar-refractivity contribution in [3.63, 3.8) is 0 Å². The molecule has 0 saturated carbocycles. The molecule has 8 heteroatoms. The lowest BCUT2D eigenvalue weighted by molar-refractivity contribution is -0.121. The van der Waals surface area contributed by atoms with Crippen molar-refractivity contribution in [3.8, 4) is 0 Å². The first-order valence-corrected chi connectivity index (χ1v) is 12.0. The Morgan fingerprint density at radius 1 is 0.839 bits per heavy atom. The topological polar surface area (TPSA) is 77.2 Å². The molecule has 182 valence electrons. The second-order valence-corrected chi connectivity index (χ2v) is 9.78. The largest absolute Gasteiger partial charge is 0.444 e. The van der Waals surface area contributed by atoms with Gasteiger partial charge in [-0.05, 0) is 86.6 Å². The molecule has 8 nitrogen and oxygen atoms in total. The molecular formula is C23H47N5O3. The molecule has 2 N–H and O–H groups in total. The molecule has 1 saturated heterocycles. The Kier molecular flexibility index (Phi) is 13.8. The average Bonchev–Trinajstić information content (AvgIpc) is 2.68. The summed E-state index contributed by atoms with van der Waals surface area (Å²) in [4.78, 5) is 30.6. The summed E-state index contributed by atoms with van der Waals surface area (Å²) in [7, 11) is 4.10. The predicted molar refractivity (Wildman–Crippen MR) is 126 cm³/mol. The molecule has 0 aromatic heterocycles. The molecule has 0 aliphatic carbocycles. The fourth-order valence-corrected chi connectivity index (χ4v) is 3.53. The van der Waals surface area contributed by atoms with E-state index in [1.165, 1.54) is 0 Å². The molecule has 0 radical (unpaired) electrons. The van der Waals surface area contributed by atoms with Crippen LogP contribution in [0, 0.1) is 0 Å². The van der Waals surface area contributed by atoms with Crippen LogP contribution in [0.25, 0.3) is 0 Å². The summed E-state index contributed by atoms with van der Waals surface area (Å²) in [6.45, 7) is 14.6. The van der Waals surface area contributed by atoms with Crippen molar-refractivity contribution in [3.05, 3.63) is 0 Å². The molecule has 0 aromatic rings. The van der Waals surface area contributed by atoms with Crippen LogP contribution in [0.3, 0.4) is 0 Å². The van der Waals surface area contributed by atoms with Crippen molar-refractivity contribution >= 4 is 12.0 Å². The van der Waals surface area contributed by atoms with Crippen LogP contribution in [0.4, 0.5) is 4.79 Å². The first kappa shape index (κ1) is 27.7. The number of carbonyl (C=O) groups excluding carboxylic acids is 2. The van der Waals surface area contributed by atoms with E-state index in [9.17, 15) is 9.59 Å². The van der Waals surface area contributed by atoms with Gasteiger partial charge in [-0.25, -0.2) is 4.79 Å². The SMILES string of the molecule is CN(C)CCCNC(=O)CCCCN1CCN(CCCCNC(=O)OC(C)(C)C)CC1.